The number of hydrogen-bond donors (Lipinski definition) is 1. The van der Waals surface area contributed by atoms with Crippen LogP contribution in [0.2, 0.25) is 0 Å². The highest BCUT2D eigenvalue weighted by atomic mass is 32.2. The maximum absolute atomic E-state index is 10.5. The van der Waals surface area contributed by atoms with Gasteiger partial charge in [-0.05, 0) is 0 Å². The lowest BCUT2D eigenvalue weighted by Crippen LogP contribution is -2.50. The largest absolute Gasteiger partial charge is 0.300 e. The fourth-order valence-corrected chi connectivity index (χ4v) is 2.24. The molecule has 1 saturated heterocycles. The predicted octanol–water partition coefficient (Wildman–Crippen LogP) is -1.10. The lowest BCUT2D eigenvalue weighted by atomic mass is 10.4. The molecule has 56 valence electrons. The van der Waals surface area contributed by atoms with Crippen LogP contribution < -0.4 is 5.32 Å². The van der Waals surface area contributed by atoms with Gasteiger partial charge in [0, 0.05) is 6.04 Å². The van der Waals surface area contributed by atoms with Crippen LogP contribution in [0.1, 0.15) is 0 Å². The Kier molecular flexibility index (Phi) is 1.92. The maximum atomic E-state index is 10.5. The summed E-state index contributed by atoms with van der Waals surface area (Å²) in [5.41, 5.74) is 0. The molecule has 1 fully saturated rings. The van der Waals surface area contributed by atoms with Crippen LogP contribution in [0.3, 0.4) is 0 Å². The van der Waals surface area contributed by atoms with E-state index in [9.17, 15) is 8.42 Å². The molecule has 0 aromatic heterocycles. The Morgan fingerprint density at radius 2 is 2.20 bits per heavy atom. The third-order valence-electron chi connectivity index (χ3n) is 1.38. The number of hydrogen-bond acceptors (Lipinski definition) is 4. The van der Waals surface area contributed by atoms with E-state index in [-0.39, 0.29) is 24.1 Å². The molecule has 1 rings (SSSR count). The first-order valence-electron chi connectivity index (χ1n) is 2.95. The standard InChI is InChI=1S/C5H8N2O2S/c6-1-2-7-5-3-10(8,9)4-5/h5,7H,2-4H2. The maximum Gasteiger partial charge on any atom is 0.153 e. The van der Waals surface area contributed by atoms with Crippen molar-refractivity contribution in [2.75, 3.05) is 18.1 Å². The topological polar surface area (TPSA) is 70.0 Å². The van der Waals surface area contributed by atoms with Crippen LogP contribution in [0.4, 0.5) is 0 Å². The Hall–Kier alpha value is -0.600. The van der Waals surface area contributed by atoms with Crippen LogP contribution in [0.15, 0.2) is 0 Å². The van der Waals surface area contributed by atoms with Gasteiger partial charge in [-0.1, -0.05) is 0 Å². The molecular weight excluding hydrogens is 152 g/mol. The third kappa shape index (κ3) is 1.69. The summed E-state index contributed by atoms with van der Waals surface area (Å²) in [4.78, 5) is 0. The van der Waals surface area contributed by atoms with Gasteiger partial charge in [-0.15, -0.1) is 0 Å². The van der Waals surface area contributed by atoms with Crippen molar-refractivity contribution < 1.29 is 8.42 Å². The monoisotopic (exact) mass is 160 g/mol. The highest BCUT2D eigenvalue weighted by Crippen LogP contribution is 2.09. The van der Waals surface area contributed by atoms with Crippen LogP contribution in [-0.4, -0.2) is 32.5 Å². The lowest BCUT2D eigenvalue weighted by molar-refractivity contribution is 0.528. The van der Waals surface area contributed by atoms with Crippen LogP contribution in [0.5, 0.6) is 0 Å². The molecule has 0 bridgehead atoms. The summed E-state index contributed by atoms with van der Waals surface area (Å²) in [5, 5.41) is 10.9. The van der Waals surface area contributed by atoms with E-state index in [4.69, 9.17) is 5.26 Å². The summed E-state index contributed by atoms with van der Waals surface area (Å²) in [6, 6.07) is 1.91. The van der Waals surface area contributed by atoms with Gasteiger partial charge >= 0.3 is 0 Å². The molecule has 1 heterocycles. The van der Waals surface area contributed by atoms with Gasteiger partial charge in [0.2, 0.25) is 0 Å². The Bertz CT molecular complexity index is 239. The molecule has 0 unspecified atom stereocenters. The van der Waals surface area contributed by atoms with E-state index in [0.717, 1.165) is 0 Å². The van der Waals surface area contributed by atoms with Gasteiger partial charge in [-0.25, -0.2) is 8.42 Å². The van der Waals surface area contributed by atoms with Crippen molar-refractivity contribution in [3.05, 3.63) is 0 Å². The minimum atomic E-state index is -2.73. The quantitative estimate of drug-likeness (QED) is 0.520. The summed E-state index contributed by atoms with van der Waals surface area (Å²) in [6.07, 6.45) is 0. The van der Waals surface area contributed by atoms with Gasteiger partial charge in [0.05, 0.1) is 24.1 Å². The molecule has 1 aliphatic rings. The molecule has 0 radical (unpaired) electrons. The summed E-state index contributed by atoms with van der Waals surface area (Å²) in [7, 11) is -2.73. The minimum Gasteiger partial charge on any atom is -0.300 e. The van der Waals surface area contributed by atoms with E-state index >= 15 is 0 Å². The smallest absolute Gasteiger partial charge is 0.153 e. The highest BCUT2D eigenvalue weighted by molar-refractivity contribution is 7.92. The van der Waals surface area contributed by atoms with Crippen LogP contribution in [0.25, 0.3) is 0 Å². The lowest BCUT2D eigenvalue weighted by Gasteiger charge is -2.25. The molecule has 1 N–H and O–H groups in total. The van der Waals surface area contributed by atoms with Crippen molar-refractivity contribution in [2.24, 2.45) is 0 Å². The fourth-order valence-electron chi connectivity index (χ4n) is 0.872. The van der Waals surface area contributed by atoms with E-state index < -0.39 is 9.84 Å². The Morgan fingerprint density at radius 3 is 2.60 bits per heavy atom. The van der Waals surface area contributed by atoms with Gasteiger partial charge in [0.15, 0.2) is 9.84 Å². The first-order chi connectivity index (χ1) is 4.64. The summed E-state index contributed by atoms with van der Waals surface area (Å²) in [6.45, 7) is 0.236. The third-order valence-corrected chi connectivity index (χ3v) is 3.20. The van der Waals surface area contributed by atoms with E-state index in [1.807, 2.05) is 6.07 Å². The normalized spacial score (nSPS) is 23.1. The first kappa shape index (κ1) is 7.51. The van der Waals surface area contributed by atoms with E-state index in [0.29, 0.717) is 0 Å². The second-order valence-corrected chi connectivity index (χ2v) is 4.47. The molecule has 0 saturated carbocycles. The van der Waals surface area contributed by atoms with Gasteiger partial charge in [-0.3, -0.25) is 5.32 Å². The van der Waals surface area contributed by atoms with Gasteiger partial charge in [0.25, 0.3) is 0 Å². The minimum absolute atomic E-state index is 0.0182. The van der Waals surface area contributed by atoms with Crippen LogP contribution >= 0.6 is 0 Å². The summed E-state index contributed by atoms with van der Waals surface area (Å²) < 4.78 is 21.1. The number of rotatable bonds is 2. The first-order valence-corrected chi connectivity index (χ1v) is 4.77. The Morgan fingerprint density at radius 1 is 1.60 bits per heavy atom. The van der Waals surface area contributed by atoms with E-state index in [2.05, 4.69) is 5.32 Å². The number of nitrogens with one attached hydrogen (secondary N) is 1. The highest BCUT2D eigenvalue weighted by Gasteiger charge is 2.32. The zero-order valence-corrected chi connectivity index (χ0v) is 6.19. The van der Waals surface area contributed by atoms with Crippen molar-refractivity contribution in [3.8, 4) is 6.07 Å². The van der Waals surface area contributed by atoms with Crippen LogP contribution in [-0.2, 0) is 9.84 Å². The second kappa shape index (κ2) is 2.56. The summed E-state index contributed by atoms with van der Waals surface area (Å²) >= 11 is 0. The molecule has 0 aromatic rings. The average molecular weight is 160 g/mol. The molecule has 0 amide bonds. The molecule has 5 heteroatoms. The van der Waals surface area contributed by atoms with Gasteiger partial charge < -0.3 is 0 Å². The number of nitriles is 1. The van der Waals surface area contributed by atoms with Crippen molar-refractivity contribution in [1.82, 2.24) is 5.32 Å². The summed E-state index contributed by atoms with van der Waals surface area (Å²) in [5.74, 6) is 0.378. The van der Waals surface area contributed by atoms with Gasteiger partial charge in [-0.2, -0.15) is 5.26 Å². The predicted molar refractivity (Wildman–Crippen MR) is 36.1 cm³/mol. The molecule has 0 spiro atoms. The molecule has 0 atom stereocenters. The van der Waals surface area contributed by atoms with E-state index in [1.165, 1.54) is 0 Å². The van der Waals surface area contributed by atoms with Crippen LogP contribution in [0, 0.1) is 11.3 Å². The van der Waals surface area contributed by atoms with E-state index in [1.54, 1.807) is 0 Å². The second-order valence-electron chi connectivity index (χ2n) is 2.31. The average Bonchev–Trinajstić information content (AvgIpc) is 1.78. The zero-order chi connectivity index (χ0) is 7.61. The number of nitrogens with zero attached hydrogens (tertiary/aromatic N) is 1. The van der Waals surface area contributed by atoms with Crippen molar-refractivity contribution in [3.63, 3.8) is 0 Å². The Balaban J connectivity index is 2.23. The molecule has 4 nitrogen and oxygen atoms in total. The molecule has 0 aromatic carbocycles. The molecular formula is C5H8N2O2S. The fraction of sp³-hybridized carbons (Fsp3) is 0.800. The van der Waals surface area contributed by atoms with Crippen molar-refractivity contribution in [2.45, 2.75) is 6.04 Å². The van der Waals surface area contributed by atoms with Crippen molar-refractivity contribution in [1.29, 1.82) is 5.26 Å². The van der Waals surface area contributed by atoms with Gasteiger partial charge in [0.1, 0.15) is 0 Å². The number of sulfone groups is 1. The zero-order valence-electron chi connectivity index (χ0n) is 5.37. The Labute approximate surface area is 59.8 Å². The molecule has 1 aliphatic heterocycles. The van der Waals surface area contributed by atoms with Crippen molar-refractivity contribution >= 4 is 9.84 Å². The SMILES string of the molecule is N#CCNC1CS(=O)(=O)C1. The molecule has 0 aliphatic carbocycles. The molecule has 10 heavy (non-hydrogen) atoms.